The Kier molecular flexibility index (Phi) is 5.00. The van der Waals surface area contributed by atoms with Gasteiger partial charge in [-0.05, 0) is 36.6 Å². The van der Waals surface area contributed by atoms with Gasteiger partial charge in [0.05, 0.1) is 36.7 Å². The van der Waals surface area contributed by atoms with Gasteiger partial charge in [0.15, 0.2) is 5.65 Å². The smallest absolute Gasteiger partial charge is 0.221 e. The Morgan fingerprint density at radius 1 is 1.09 bits per heavy atom. The zero-order valence-corrected chi connectivity index (χ0v) is 18.0. The van der Waals surface area contributed by atoms with Crippen LogP contribution in [0.5, 0.6) is 0 Å². The fourth-order valence-corrected chi connectivity index (χ4v) is 4.32. The molecule has 1 aromatic carbocycles. The predicted octanol–water partition coefficient (Wildman–Crippen LogP) is 2.10. The second-order valence-corrected chi connectivity index (χ2v) is 8.33. The molecule has 0 aliphatic carbocycles. The van der Waals surface area contributed by atoms with E-state index >= 15 is 0 Å². The first-order valence-electron chi connectivity index (χ1n) is 11.1. The zero-order chi connectivity index (χ0) is 22.2. The van der Waals surface area contributed by atoms with Crippen LogP contribution in [0.2, 0.25) is 0 Å². The average molecular weight is 441 g/mol. The third-order valence-corrected chi connectivity index (χ3v) is 6.10. The summed E-state index contributed by atoms with van der Waals surface area (Å²) in [5.41, 5.74) is 4.80. The van der Waals surface area contributed by atoms with Crippen LogP contribution >= 0.6 is 0 Å². The molecule has 5 aromatic rings. The highest BCUT2D eigenvalue weighted by Crippen LogP contribution is 2.20. The van der Waals surface area contributed by atoms with E-state index in [0.717, 1.165) is 53.7 Å². The van der Waals surface area contributed by atoms with Crippen molar-refractivity contribution in [2.75, 3.05) is 13.1 Å². The zero-order valence-electron chi connectivity index (χ0n) is 18.0. The number of aliphatic hydroxyl groups excluding tert-OH is 1. The number of hydrogen-bond donors (Lipinski definition) is 1. The molecule has 1 unspecified atom stereocenters. The molecule has 1 aliphatic heterocycles. The van der Waals surface area contributed by atoms with E-state index in [1.165, 1.54) is 0 Å². The standard InChI is InChI=1S/C23H23N9O/c33-21-4-2-8-30(21)9-10-31-15-18(12-26-31)20-13-25-22-23(27-20)32(29-28-22)14-16-5-6-19-17(11-16)3-1-7-24-19/h1,3,5-7,11-13,15,21,33H,2,4,8-10,14H2. The van der Waals surface area contributed by atoms with Gasteiger partial charge in [0.2, 0.25) is 5.65 Å². The van der Waals surface area contributed by atoms with Gasteiger partial charge < -0.3 is 5.11 Å². The molecule has 1 fully saturated rings. The number of pyridine rings is 1. The molecule has 33 heavy (non-hydrogen) atoms. The van der Waals surface area contributed by atoms with Gasteiger partial charge in [0.25, 0.3) is 0 Å². The van der Waals surface area contributed by atoms with Gasteiger partial charge in [-0.15, -0.1) is 5.10 Å². The summed E-state index contributed by atoms with van der Waals surface area (Å²) >= 11 is 0. The van der Waals surface area contributed by atoms with E-state index in [1.807, 2.05) is 35.1 Å². The molecule has 0 bridgehead atoms. The van der Waals surface area contributed by atoms with Crippen molar-refractivity contribution in [2.24, 2.45) is 0 Å². The van der Waals surface area contributed by atoms with Gasteiger partial charge in [-0.1, -0.05) is 17.3 Å². The summed E-state index contributed by atoms with van der Waals surface area (Å²) in [6.45, 7) is 2.95. The Morgan fingerprint density at radius 3 is 2.97 bits per heavy atom. The number of fused-ring (bicyclic) bond motifs is 2. The largest absolute Gasteiger partial charge is 0.378 e. The van der Waals surface area contributed by atoms with Crippen molar-refractivity contribution < 1.29 is 5.11 Å². The Hall–Kier alpha value is -3.76. The summed E-state index contributed by atoms with van der Waals surface area (Å²) in [5.74, 6) is 0. The third kappa shape index (κ3) is 3.94. The first kappa shape index (κ1) is 19.9. The van der Waals surface area contributed by atoms with E-state index in [1.54, 1.807) is 23.3 Å². The van der Waals surface area contributed by atoms with Crippen molar-refractivity contribution in [1.29, 1.82) is 0 Å². The quantitative estimate of drug-likeness (QED) is 0.427. The minimum atomic E-state index is -0.333. The Bertz CT molecular complexity index is 1430. The van der Waals surface area contributed by atoms with Crippen molar-refractivity contribution in [3.05, 3.63) is 60.7 Å². The van der Waals surface area contributed by atoms with Crippen LogP contribution in [0.25, 0.3) is 33.5 Å². The molecule has 1 atom stereocenters. The normalized spacial score (nSPS) is 16.8. The van der Waals surface area contributed by atoms with E-state index < -0.39 is 0 Å². The van der Waals surface area contributed by atoms with Crippen LogP contribution in [0.1, 0.15) is 18.4 Å². The minimum Gasteiger partial charge on any atom is -0.378 e. The van der Waals surface area contributed by atoms with Crippen molar-refractivity contribution in [3.63, 3.8) is 0 Å². The molecule has 0 saturated carbocycles. The van der Waals surface area contributed by atoms with Gasteiger partial charge in [0, 0.05) is 36.4 Å². The molecule has 10 heteroatoms. The highest BCUT2D eigenvalue weighted by Gasteiger charge is 2.21. The monoisotopic (exact) mass is 441 g/mol. The highest BCUT2D eigenvalue weighted by atomic mass is 16.3. The Morgan fingerprint density at radius 2 is 2.06 bits per heavy atom. The second kappa shape index (κ2) is 8.30. The summed E-state index contributed by atoms with van der Waals surface area (Å²) in [6, 6.07) is 10.1. The van der Waals surface area contributed by atoms with Gasteiger partial charge in [-0.3, -0.25) is 14.6 Å². The fourth-order valence-electron chi connectivity index (χ4n) is 4.32. The lowest BCUT2D eigenvalue weighted by molar-refractivity contribution is 0.0355. The van der Waals surface area contributed by atoms with E-state index in [-0.39, 0.29) is 6.23 Å². The molecular formula is C23H23N9O. The summed E-state index contributed by atoms with van der Waals surface area (Å²) in [5, 5.41) is 24.0. The van der Waals surface area contributed by atoms with Crippen molar-refractivity contribution in [1.82, 2.24) is 44.6 Å². The summed E-state index contributed by atoms with van der Waals surface area (Å²) in [7, 11) is 0. The molecule has 10 nitrogen and oxygen atoms in total. The molecule has 1 N–H and O–H groups in total. The highest BCUT2D eigenvalue weighted by molar-refractivity contribution is 5.79. The van der Waals surface area contributed by atoms with Gasteiger partial charge in [-0.2, -0.15) is 5.10 Å². The van der Waals surface area contributed by atoms with Crippen LogP contribution in [0.4, 0.5) is 0 Å². The maximum Gasteiger partial charge on any atom is 0.221 e. The number of aliphatic hydroxyl groups is 1. The molecule has 0 amide bonds. The lowest BCUT2D eigenvalue weighted by atomic mass is 10.1. The number of hydrogen-bond acceptors (Lipinski definition) is 8. The molecule has 1 saturated heterocycles. The Labute approximate surface area is 189 Å². The molecule has 5 heterocycles. The second-order valence-electron chi connectivity index (χ2n) is 8.33. The minimum absolute atomic E-state index is 0.333. The van der Waals surface area contributed by atoms with Gasteiger partial charge in [-0.25, -0.2) is 14.6 Å². The lowest BCUT2D eigenvalue weighted by Gasteiger charge is -2.19. The van der Waals surface area contributed by atoms with Crippen molar-refractivity contribution in [2.45, 2.75) is 32.2 Å². The molecule has 4 aromatic heterocycles. The third-order valence-electron chi connectivity index (χ3n) is 6.10. The molecule has 0 radical (unpaired) electrons. The Balaban J connectivity index is 1.23. The van der Waals surface area contributed by atoms with Gasteiger partial charge in [0.1, 0.15) is 6.23 Å². The SMILES string of the molecule is OC1CCCN1CCn1cc(-c2cnc3nnn(Cc4ccc5ncccc5c4)c3n2)cn1. The maximum atomic E-state index is 9.97. The molecule has 166 valence electrons. The lowest BCUT2D eigenvalue weighted by Crippen LogP contribution is -2.32. The summed E-state index contributed by atoms with van der Waals surface area (Å²) in [4.78, 5) is 15.7. The van der Waals surface area contributed by atoms with E-state index in [9.17, 15) is 5.11 Å². The number of benzene rings is 1. The fraction of sp³-hybridized carbons (Fsp3) is 0.304. The van der Waals surface area contributed by atoms with Crippen LogP contribution < -0.4 is 0 Å². The number of nitrogens with zero attached hydrogens (tertiary/aromatic N) is 9. The molecule has 0 spiro atoms. The molecular weight excluding hydrogens is 418 g/mol. The number of aromatic nitrogens is 8. The molecule has 1 aliphatic rings. The maximum absolute atomic E-state index is 9.97. The van der Waals surface area contributed by atoms with Crippen LogP contribution in [-0.2, 0) is 13.1 Å². The van der Waals surface area contributed by atoms with Crippen molar-refractivity contribution >= 4 is 22.2 Å². The summed E-state index contributed by atoms with van der Waals surface area (Å²) < 4.78 is 3.65. The topological polar surface area (TPSA) is 111 Å². The van der Waals surface area contributed by atoms with Gasteiger partial charge >= 0.3 is 0 Å². The van der Waals surface area contributed by atoms with Crippen LogP contribution in [-0.4, -0.2) is 69.1 Å². The average Bonchev–Trinajstić information content (AvgIpc) is 3.58. The van der Waals surface area contributed by atoms with Crippen LogP contribution in [0.15, 0.2) is 55.1 Å². The van der Waals surface area contributed by atoms with E-state index in [2.05, 4.69) is 36.3 Å². The molecule has 6 rings (SSSR count). The number of rotatable bonds is 6. The van der Waals surface area contributed by atoms with Crippen LogP contribution in [0, 0.1) is 0 Å². The number of likely N-dealkylation sites (tertiary alicyclic amines) is 1. The van der Waals surface area contributed by atoms with Crippen LogP contribution in [0.3, 0.4) is 0 Å². The van der Waals surface area contributed by atoms with E-state index in [0.29, 0.717) is 24.4 Å². The summed E-state index contributed by atoms with van der Waals surface area (Å²) in [6.07, 6.45) is 8.80. The first-order chi connectivity index (χ1) is 16.2. The van der Waals surface area contributed by atoms with E-state index in [4.69, 9.17) is 4.98 Å². The van der Waals surface area contributed by atoms with Crippen molar-refractivity contribution in [3.8, 4) is 11.3 Å². The predicted molar refractivity (Wildman–Crippen MR) is 122 cm³/mol. The first-order valence-corrected chi connectivity index (χ1v) is 11.1.